The standard InChI is InChI=1S/C23H33N3O3S.CH3I/c1-3-5-8-20(25-12-11-24-15-18-7-6-13-30-18)23(27)26-19(4-2)17-9-10-21-22(14-17)29-16-28-21;1-2/h6-7,9-10,13-14,19-20,24-25H,3-5,8,11-12,15-16H2,1-2H3,(H,26,27);1H3/t19-,20-;/m0./s1/i;1D. The molecule has 1 aromatic carbocycles. The van der Waals surface area contributed by atoms with E-state index in [-0.39, 0.29) is 24.8 Å². The predicted octanol–water partition coefficient (Wildman–Crippen LogP) is 5.03. The number of amides is 1. The Morgan fingerprint density at radius 1 is 1.25 bits per heavy atom. The molecule has 0 unspecified atom stereocenters. The Morgan fingerprint density at radius 3 is 2.78 bits per heavy atom. The summed E-state index contributed by atoms with van der Waals surface area (Å²) in [7, 11) is 0. The Balaban J connectivity index is 0.00000122. The second kappa shape index (κ2) is 15.5. The number of rotatable bonds is 13. The van der Waals surface area contributed by atoms with E-state index in [0.717, 1.165) is 62.4 Å². The molecule has 2 aromatic rings. The maximum Gasteiger partial charge on any atom is 0.237 e. The van der Waals surface area contributed by atoms with Crippen molar-refractivity contribution >= 4 is 39.8 Å². The molecule has 0 radical (unpaired) electrons. The first kappa shape index (κ1) is 25.3. The number of carbonyl (C=O) groups is 1. The second-order valence-corrected chi connectivity index (χ2v) is 8.52. The Labute approximate surface area is 211 Å². The van der Waals surface area contributed by atoms with Gasteiger partial charge in [-0.15, -0.1) is 11.3 Å². The van der Waals surface area contributed by atoms with Gasteiger partial charge in [-0.3, -0.25) is 4.79 Å². The van der Waals surface area contributed by atoms with Crippen LogP contribution in [-0.2, 0) is 11.3 Å². The molecule has 0 spiro atoms. The highest BCUT2D eigenvalue weighted by molar-refractivity contribution is 14.1. The third-order valence-electron chi connectivity index (χ3n) is 5.26. The van der Waals surface area contributed by atoms with Gasteiger partial charge in [0.25, 0.3) is 0 Å². The quantitative estimate of drug-likeness (QED) is 0.178. The van der Waals surface area contributed by atoms with Crippen LogP contribution >= 0.6 is 33.9 Å². The van der Waals surface area contributed by atoms with Gasteiger partial charge in [0.2, 0.25) is 12.7 Å². The number of thiophene rings is 1. The van der Waals surface area contributed by atoms with Crippen LogP contribution in [-0.4, -0.2) is 36.7 Å². The first-order valence-corrected chi connectivity index (χ1v) is 13.5. The molecule has 0 bridgehead atoms. The van der Waals surface area contributed by atoms with E-state index in [1.165, 1.54) is 4.88 Å². The number of hydrogen-bond donors (Lipinski definition) is 3. The minimum atomic E-state index is -0.184. The summed E-state index contributed by atoms with van der Waals surface area (Å²) in [5, 5.41) is 12.2. The molecule has 1 amide bonds. The van der Waals surface area contributed by atoms with Gasteiger partial charge >= 0.3 is 0 Å². The van der Waals surface area contributed by atoms with Gasteiger partial charge in [0.1, 0.15) is 0 Å². The molecule has 3 N–H and O–H groups in total. The SMILES string of the molecule is CCCC[C@H](NCCNCc1cccs1)C(=O)N[C@@H](CC)c1ccc2c(c1)OCO2.[2H]CI. The van der Waals surface area contributed by atoms with Gasteiger partial charge in [0.05, 0.1) is 12.1 Å². The number of benzene rings is 1. The molecular formula is C24H36IN3O3S. The zero-order valence-electron chi connectivity index (χ0n) is 20.0. The zero-order valence-corrected chi connectivity index (χ0v) is 22.0. The van der Waals surface area contributed by atoms with Gasteiger partial charge in [0.15, 0.2) is 11.5 Å². The van der Waals surface area contributed by atoms with E-state index in [4.69, 9.17) is 10.8 Å². The van der Waals surface area contributed by atoms with E-state index in [1.807, 2.05) is 40.8 Å². The summed E-state index contributed by atoms with van der Waals surface area (Å²) < 4.78 is 17.1. The highest BCUT2D eigenvalue weighted by Crippen LogP contribution is 2.34. The number of alkyl halides is 1. The lowest BCUT2D eigenvalue weighted by Crippen LogP contribution is -2.47. The third-order valence-corrected chi connectivity index (χ3v) is 6.13. The number of halogens is 1. The molecule has 6 nitrogen and oxygen atoms in total. The average molecular weight is 575 g/mol. The fraction of sp³-hybridized carbons (Fsp3) is 0.542. The van der Waals surface area contributed by atoms with E-state index in [0.29, 0.717) is 4.91 Å². The number of carbonyl (C=O) groups excluding carboxylic acids is 1. The fourth-order valence-corrected chi connectivity index (χ4v) is 4.19. The highest BCUT2D eigenvalue weighted by atomic mass is 127. The minimum Gasteiger partial charge on any atom is -0.454 e. The number of hydrogen-bond acceptors (Lipinski definition) is 6. The van der Waals surface area contributed by atoms with Crippen molar-refractivity contribution in [1.82, 2.24) is 16.0 Å². The summed E-state index contributed by atoms with van der Waals surface area (Å²) in [5.41, 5.74) is 1.04. The molecule has 1 aliphatic heterocycles. The molecule has 0 fully saturated rings. The summed E-state index contributed by atoms with van der Waals surface area (Å²) in [6.45, 7) is 6.94. The van der Waals surface area contributed by atoms with Crippen LogP contribution in [0.15, 0.2) is 35.7 Å². The van der Waals surface area contributed by atoms with Crippen molar-refractivity contribution in [3.05, 3.63) is 46.2 Å². The molecule has 178 valence electrons. The smallest absolute Gasteiger partial charge is 0.237 e. The summed E-state index contributed by atoms with van der Waals surface area (Å²) in [6, 6.07) is 9.86. The first-order valence-electron chi connectivity index (χ1n) is 11.8. The number of nitrogens with one attached hydrogen (secondary N) is 3. The van der Waals surface area contributed by atoms with Crippen molar-refractivity contribution in [2.75, 3.05) is 24.8 Å². The topological polar surface area (TPSA) is 71.6 Å². The van der Waals surface area contributed by atoms with Crippen LogP contribution in [0.25, 0.3) is 0 Å². The summed E-state index contributed by atoms with van der Waals surface area (Å²) in [6.07, 6.45) is 3.75. The minimum absolute atomic E-state index is 0.0464. The highest BCUT2D eigenvalue weighted by Gasteiger charge is 2.22. The number of fused-ring (bicyclic) bond motifs is 1. The Hall–Kier alpha value is -1.36. The molecule has 2 heterocycles. The van der Waals surface area contributed by atoms with Crippen molar-refractivity contribution in [2.45, 2.75) is 58.2 Å². The average Bonchev–Trinajstić information content (AvgIpc) is 3.51. The predicted molar refractivity (Wildman–Crippen MR) is 141 cm³/mol. The molecule has 1 aliphatic rings. The van der Waals surface area contributed by atoms with E-state index in [1.54, 1.807) is 11.3 Å². The van der Waals surface area contributed by atoms with E-state index < -0.39 is 0 Å². The van der Waals surface area contributed by atoms with Crippen LogP contribution < -0.4 is 25.4 Å². The van der Waals surface area contributed by atoms with Gasteiger partial charge in [-0.1, -0.05) is 61.4 Å². The second-order valence-electron chi connectivity index (χ2n) is 7.49. The number of unbranched alkanes of at least 4 members (excludes halogenated alkanes) is 1. The van der Waals surface area contributed by atoms with Crippen molar-refractivity contribution in [3.8, 4) is 11.5 Å². The van der Waals surface area contributed by atoms with E-state index in [9.17, 15) is 4.79 Å². The van der Waals surface area contributed by atoms with Gasteiger partial charge in [-0.05, 0) is 46.9 Å². The van der Waals surface area contributed by atoms with Crippen molar-refractivity contribution in [1.29, 1.82) is 0 Å². The first-order chi connectivity index (χ1) is 16.1. The molecule has 0 saturated carbocycles. The molecule has 0 saturated heterocycles. The maximum atomic E-state index is 13.0. The Bertz CT molecular complexity index is 810. The van der Waals surface area contributed by atoms with Crippen LogP contribution in [0.3, 0.4) is 0 Å². The molecule has 2 atom stereocenters. The summed E-state index contributed by atoms with van der Waals surface area (Å²) >= 11 is 3.71. The van der Waals surface area contributed by atoms with Gasteiger partial charge in [0, 0.05) is 25.9 Å². The number of ether oxygens (including phenoxy) is 2. The zero-order chi connectivity index (χ0) is 23.9. The van der Waals surface area contributed by atoms with Crippen molar-refractivity contribution in [3.63, 3.8) is 0 Å². The molecular weight excluding hydrogens is 537 g/mol. The lowest BCUT2D eigenvalue weighted by molar-refractivity contribution is -0.124. The van der Waals surface area contributed by atoms with Crippen molar-refractivity contribution < 1.29 is 15.6 Å². The van der Waals surface area contributed by atoms with Gasteiger partial charge in [-0.25, -0.2) is 0 Å². The van der Waals surface area contributed by atoms with Crippen LogP contribution in [0.1, 0.15) is 57.4 Å². The Kier molecular flexibility index (Phi) is 12.2. The monoisotopic (exact) mass is 574 g/mol. The molecule has 0 aliphatic carbocycles. The molecule has 8 heteroatoms. The van der Waals surface area contributed by atoms with Crippen molar-refractivity contribution in [2.24, 2.45) is 0 Å². The lowest BCUT2D eigenvalue weighted by atomic mass is 10.0. The normalized spacial score (nSPS) is 14.2. The van der Waals surface area contributed by atoms with E-state index >= 15 is 0 Å². The van der Waals surface area contributed by atoms with Crippen LogP contribution in [0.5, 0.6) is 11.5 Å². The summed E-state index contributed by atoms with van der Waals surface area (Å²) in [5.74, 6) is 1.57. The van der Waals surface area contributed by atoms with Crippen LogP contribution in [0.4, 0.5) is 0 Å². The molecule has 32 heavy (non-hydrogen) atoms. The summed E-state index contributed by atoms with van der Waals surface area (Å²) in [4.78, 5) is 14.8. The Morgan fingerprint density at radius 2 is 2.06 bits per heavy atom. The van der Waals surface area contributed by atoms with E-state index in [2.05, 4.69) is 47.3 Å². The van der Waals surface area contributed by atoms with Gasteiger partial charge < -0.3 is 25.4 Å². The fourth-order valence-electron chi connectivity index (χ4n) is 3.52. The third kappa shape index (κ3) is 8.53. The van der Waals surface area contributed by atoms with Gasteiger partial charge in [-0.2, -0.15) is 0 Å². The lowest BCUT2D eigenvalue weighted by Gasteiger charge is -2.23. The largest absolute Gasteiger partial charge is 0.454 e. The maximum absolute atomic E-state index is 13.0. The molecule has 3 rings (SSSR count). The van der Waals surface area contributed by atoms with Crippen LogP contribution in [0, 0.1) is 0 Å². The molecule has 1 aromatic heterocycles. The van der Waals surface area contributed by atoms with Crippen LogP contribution in [0.2, 0.25) is 0 Å².